The van der Waals surface area contributed by atoms with E-state index < -0.39 is 0 Å². The highest BCUT2D eigenvalue weighted by Gasteiger charge is 2.31. The molecule has 0 spiro atoms. The Morgan fingerprint density at radius 2 is 1.84 bits per heavy atom. The van der Waals surface area contributed by atoms with Crippen molar-refractivity contribution in [2.45, 2.75) is 6.42 Å². The van der Waals surface area contributed by atoms with Crippen molar-refractivity contribution in [2.24, 2.45) is 5.73 Å². The molecule has 0 unspecified atom stereocenters. The van der Waals surface area contributed by atoms with E-state index in [1.165, 1.54) is 6.20 Å². The quantitative estimate of drug-likeness (QED) is 0.648. The van der Waals surface area contributed by atoms with Crippen molar-refractivity contribution in [1.29, 1.82) is 0 Å². The third kappa shape index (κ3) is 4.25. The number of para-hydroxylation sites is 2. The fourth-order valence-corrected chi connectivity index (χ4v) is 4.06. The SMILES string of the molecule is COc1ccccc1N1CCN(CCCNC2=C(N)C(=O)c3cccnc3C2=O)CC1. The number of ether oxygens (including phenoxy) is 1. The van der Waals surface area contributed by atoms with Gasteiger partial charge in [0.15, 0.2) is 0 Å². The number of piperazine rings is 1. The number of nitrogens with one attached hydrogen (secondary N) is 1. The molecule has 0 bridgehead atoms. The lowest BCUT2D eigenvalue weighted by Crippen LogP contribution is -2.47. The van der Waals surface area contributed by atoms with Crippen molar-refractivity contribution in [2.75, 3.05) is 51.3 Å². The number of fused-ring (bicyclic) bond motifs is 1. The Morgan fingerprint density at radius 3 is 2.61 bits per heavy atom. The zero-order chi connectivity index (χ0) is 21.8. The lowest BCUT2D eigenvalue weighted by atomic mass is 9.95. The van der Waals surface area contributed by atoms with Crippen LogP contribution in [-0.2, 0) is 0 Å². The molecule has 0 radical (unpaired) electrons. The number of Topliss-reactive ketones (excluding diaryl/α,β-unsaturated/α-hetero) is 2. The van der Waals surface area contributed by atoms with Crippen LogP contribution in [0.1, 0.15) is 27.3 Å². The van der Waals surface area contributed by atoms with Crippen LogP contribution in [0, 0.1) is 0 Å². The fourth-order valence-electron chi connectivity index (χ4n) is 4.06. The Morgan fingerprint density at radius 1 is 1.06 bits per heavy atom. The lowest BCUT2D eigenvalue weighted by molar-refractivity contribution is 0.0963. The number of carbonyl (C=O) groups excluding carboxylic acids is 2. The molecule has 2 aliphatic rings. The Labute approximate surface area is 181 Å². The number of hydrogen-bond acceptors (Lipinski definition) is 8. The number of anilines is 1. The van der Waals surface area contributed by atoms with Crippen molar-refractivity contribution in [3.05, 3.63) is 65.2 Å². The monoisotopic (exact) mass is 421 g/mol. The number of pyridine rings is 1. The van der Waals surface area contributed by atoms with Gasteiger partial charge in [0.25, 0.3) is 0 Å². The van der Waals surface area contributed by atoms with Gasteiger partial charge in [0, 0.05) is 38.9 Å². The molecule has 1 aliphatic carbocycles. The van der Waals surface area contributed by atoms with Gasteiger partial charge in [-0.15, -0.1) is 0 Å². The lowest BCUT2D eigenvalue weighted by Gasteiger charge is -2.36. The topological polar surface area (TPSA) is 101 Å². The summed E-state index contributed by atoms with van der Waals surface area (Å²) in [7, 11) is 1.70. The normalized spacial score (nSPS) is 17.0. The first-order chi connectivity index (χ1) is 15.1. The molecular formula is C23H27N5O3. The first-order valence-electron chi connectivity index (χ1n) is 10.5. The van der Waals surface area contributed by atoms with Crippen LogP contribution in [0.2, 0.25) is 0 Å². The maximum atomic E-state index is 12.7. The molecule has 2 aromatic rings. The highest BCUT2D eigenvalue weighted by atomic mass is 16.5. The van der Waals surface area contributed by atoms with Crippen LogP contribution in [0.3, 0.4) is 0 Å². The second-order valence-electron chi connectivity index (χ2n) is 7.63. The molecule has 162 valence electrons. The molecule has 2 heterocycles. The van der Waals surface area contributed by atoms with E-state index in [1.807, 2.05) is 18.2 Å². The molecule has 1 aromatic heterocycles. The maximum absolute atomic E-state index is 12.7. The molecular weight excluding hydrogens is 394 g/mol. The predicted octanol–water partition coefficient (Wildman–Crippen LogP) is 1.44. The summed E-state index contributed by atoms with van der Waals surface area (Å²) >= 11 is 0. The predicted molar refractivity (Wildman–Crippen MR) is 118 cm³/mol. The number of methoxy groups -OCH3 is 1. The number of aromatic nitrogens is 1. The van der Waals surface area contributed by atoms with E-state index in [9.17, 15) is 9.59 Å². The molecule has 4 rings (SSSR count). The molecule has 8 heteroatoms. The van der Waals surface area contributed by atoms with E-state index in [2.05, 4.69) is 26.2 Å². The van der Waals surface area contributed by atoms with Crippen LogP contribution < -0.4 is 20.7 Å². The van der Waals surface area contributed by atoms with Gasteiger partial charge in [-0.2, -0.15) is 0 Å². The van der Waals surface area contributed by atoms with Crippen LogP contribution in [0.4, 0.5) is 5.69 Å². The average Bonchev–Trinajstić information content (AvgIpc) is 2.82. The van der Waals surface area contributed by atoms with E-state index >= 15 is 0 Å². The van der Waals surface area contributed by atoms with Gasteiger partial charge < -0.3 is 20.7 Å². The minimum absolute atomic E-state index is 0.0316. The summed E-state index contributed by atoms with van der Waals surface area (Å²) in [5, 5.41) is 3.07. The third-order valence-corrected chi connectivity index (χ3v) is 5.76. The number of allylic oxidation sites excluding steroid dienone is 2. The molecule has 1 aliphatic heterocycles. The summed E-state index contributed by atoms with van der Waals surface area (Å²) < 4.78 is 5.48. The number of nitrogens with zero attached hydrogens (tertiary/aromatic N) is 3. The molecule has 31 heavy (non-hydrogen) atoms. The minimum Gasteiger partial charge on any atom is -0.495 e. The first kappa shape index (κ1) is 20.9. The number of rotatable bonds is 7. The summed E-state index contributed by atoms with van der Waals surface area (Å²) in [6.45, 7) is 5.23. The van der Waals surface area contributed by atoms with Gasteiger partial charge >= 0.3 is 0 Å². The number of nitrogens with two attached hydrogens (primary N) is 1. The maximum Gasteiger partial charge on any atom is 0.230 e. The van der Waals surface area contributed by atoms with Crippen LogP contribution in [0.5, 0.6) is 5.75 Å². The molecule has 1 saturated heterocycles. The Balaban J connectivity index is 1.26. The van der Waals surface area contributed by atoms with Crippen molar-refractivity contribution < 1.29 is 14.3 Å². The van der Waals surface area contributed by atoms with Gasteiger partial charge in [-0.25, -0.2) is 0 Å². The van der Waals surface area contributed by atoms with Crippen molar-refractivity contribution in [3.8, 4) is 5.75 Å². The van der Waals surface area contributed by atoms with E-state index in [0.29, 0.717) is 6.54 Å². The van der Waals surface area contributed by atoms with Crippen LogP contribution >= 0.6 is 0 Å². The number of benzene rings is 1. The molecule has 3 N–H and O–H groups in total. The smallest absolute Gasteiger partial charge is 0.230 e. The third-order valence-electron chi connectivity index (χ3n) is 5.76. The second kappa shape index (κ2) is 9.18. The van der Waals surface area contributed by atoms with Gasteiger partial charge in [-0.05, 0) is 37.2 Å². The van der Waals surface area contributed by atoms with E-state index in [4.69, 9.17) is 10.5 Å². The second-order valence-corrected chi connectivity index (χ2v) is 7.63. The average molecular weight is 422 g/mol. The Hall–Kier alpha value is -3.39. The van der Waals surface area contributed by atoms with E-state index in [1.54, 1.807) is 19.2 Å². The summed E-state index contributed by atoms with van der Waals surface area (Å²) in [6.07, 6.45) is 2.34. The largest absolute Gasteiger partial charge is 0.495 e. The van der Waals surface area contributed by atoms with Gasteiger partial charge in [0.05, 0.1) is 18.4 Å². The van der Waals surface area contributed by atoms with E-state index in [-0.39, 0.29) is 34.2 Å². The zero-order valence-corrected chi connectivity index (χ0v) is 17.6. The van der Waals surface area contributed by atoms with Gasteiger partial charge in [0.2, 0.25) is 11.6 Å². The number of hydrogen-bond donors (Lipinski definition) is 2. The molecule has 0 atom stereocenters. The highest BCUT2D eigenvalue weighted by Crippen LogP contribution is 2.28. The summed E-state index contributed by atoms with van der Waals surface area (Å²) in [6, 6.07) is 11.3. The molecule has 8 nitrogen and oxygen atoms in total. The first-order valence-corrected chi connectivity index (χ1v) is 10.5. The van der Waals surface area contributed by atoms with Crippen LogP contribution in [0.15, 0.2) is 54.0 Å². The van der Waals surface area contributed by atoms with Gasteiger partial charge in [-0.1, -0.05) is 12.1 Å². The van der Waals surface area contributed by atoms with Crippen LogP contribution in [0.25, 0.3) is 0 Å². The van der Waals surface area contributed by atoms with Gasteiger partial charge in [-0.3, -0.25) is 19.5 Å². The molecule has 0 saturated carbocycles. The molecule has 1 aromatic carbocycles. The zero-order valence-electron chi connectivity index (χ0n) is 17.6. The summed E-state index contributed by atoms with van der Waals surface area (Å²) in [5.74, 6) is 0.226. The minimum atomic E-state index is -0.349. The van der Waals surface area contributed by atoms with Crippen LogP contribution in [-0.4, -0.2) is 67.8 Å². The standard InChI is InChI=1S/C23H27N5O3/c1-31-18-8-3-2-7-17(18)28-14-12-27(13-15-28)11-5-10-26-21-19(24)22(29)16-6-4-9-25-20(16)23(21)30/h2-4,6-9,26H,5,10-15,24H2,1H3. The van der Waals surface area contributed by atoms with Crippen molar-refractivity contribution in [3.63, 3.8) is 0 Å². The van der Waals surface area contributed by atoms with E-state index in [0.717, 1.165) is 50.6 Å². The van der Waals surface area contributed by atoms with Crippen molar-refractivity contribution in [1.82, 2.24) is 15.2 Å². The molecule has 0 amide bonds. The molecule has 1 fully saturated rings. The Bertz CT molecular complexity index is 1010. The Kier molecular flexibility index (Phi) is 6.18. The number of ketones is 2. The summed E-state index contributed by atoms with van der Waals surface area (Å²) in [4.78, 5) is 33.9. The number of carbonyl (C=O) groups is 2. The highest BCUT2D eigenvalue weighted by molar-refractivity contribution is 6.25. The summed E-state index contributed by atoms with van der Waals surface area (Å²) in [5.41, 5.74) is 7.63. The van der Waals surface area contributed by atoms with Crippen molar-refractivity contribution >= 4 is 17.3 Å². The fraction of sp³-hybridized carbons (Fsp3) is 0.348. The van der Waals surface area contributed by atoms with Gasteiger partial charge in [0.1, 0.15) is 22.8 Å².